The van der Waals surface area contributed by atoms with Crippen molar-refractivity contribution >= 4 is 64.0 Å². The molecule has 1 aliphatic rings. The Labute approximate surface area is 163 Å². The molecule has 0 aromatic heterocycles. The maximum atomic E-state index is 12.3. The standard InChI is InChI=1S/C17H10Cl3N3O3/c18-8-5-11(19)15(12(20)6-8)22-14(24)7-13(21)23-16(25)9-3-1-2-4-10(9)17(23)26/h1-6,21H,7H2,(H,22,24). The summed E-state index contributed by atoms with van der Waals surface area (Å²) < 4.78 is 0. The third-order valence-electron chi connectivity index (χ3n) is 3.66. The van der Waals surface area contributed by atoms with Crippen molar-refractivity contribution in [1.82, 2.24) is 4.90 Å². The van der Waals surface area contributed by atoms with Crippen LogP contribution in [0.3, 0.4) is 0 Å². The number of imide groups is 1. The number of carbonyl (C=O) groups excluding carboxylic acids is 3. The van der Waals surface area contributed by atoms with E-state index in [1.54, 1.807) is 12.1 Å². The number of rotatable bonds is 3. The van der Waals surface area contributed by atoms with Crippen molar-refractivity contribution in [3.05, 3.63) is 62.6 Å². The van der Waals surface area contributed by atoms with E-state index in [1.807, 2.05) is 0 Å². The molecule has 0 atom stereocenters. The minimum Gasteiger partial charge on any atom is -0.323 e. The zero-order valence-electron chi connectivity index (χ0n) is 13.0. The van der Waals surface area contributed by atoms with Gasteiger partial charge in [0.15, 0.2) is 0 Å². The zero-order chi connectivity index (χ0) is 19.0. The molecule has 0 aliphatic carbocycles. The van der Waals surface area contributed by atoms with Gasteiger partial charge in [-0.3, -0.25) is 19.8 Å². The van der Waals surface area contributed by atoms with E-state index in [0.717, 1.165) is 0 Å². The number of benzene rings is 2. The summed E-state index contributed by atoms with van der Waals surface area (Å²) in [4.78, 5) is 37.5. The van der Waals surface area contributed by atoms with Crippen LogP contribution < -0.4 is 5.32 Å². The Morgan fingerprint density at radius 1 is 1.00 bits per heavy atom. The molecule has 132 valence electrons. The van der Waals surface area contributed by atoms with Gasteiger partial charge in [0.2, 0.25) is 5.91 Å². The van der Waals surface area contributed by atoms with Crippen LogP contribution in [0.15, 0.2) is 36.4 Å². The number of hydrogen-bond donors (Lipinski definition) is 2. The van der Waals surface area contributed by atoms with Crippen LogP contribution in [0.5, 0.6) is 0 Å². The molecule has 0 spiro atoms. The molecule has 6 nitrogen and oxygen atoms in total. The van der Waals surface area contributed by atoms with Crippen LogP contribution in [0.25, 0.3) is 0 Å². The van der Waals surface area contributed by atoms with Gasteiger partial charge in [-0.05, 0) is 24.3 Å². The van der Waals surface area contributed by atoms with E-state index < -0.39 is 30.0 Å². The van der Waals surface area contributed by atoms with Gasteiger partial charge in [-0.2, -0.15) is 0 Å². The molecule has 3 rings (SSSR count). The van der Waals surface area contributed by atoms with E-state index in [-0.39, 0.29) is 26.9 Å². The molecule has 3 amide bonds. The van der Waals surface area contributed by atoms with Gasteiger partial charge < -0.3 is 5.32 Å². The van der Waals surface area contributed by atoms with Gasteiger partial charge >= 0.3 is 0 Å². The molecule has 1 heterocycles. The van der Waals surface area contributed by atoms with E-state index in [4.69, 9.17) is 40.2 Å². The molecule has 0 radical (unpaired) electrons. The highest BCUT2D eigenvalue weighted by Crippen LogP contribution is 2.33. The van der Waals surface area contributed by atoms with Crippen LogP contribution in [-0.2, 0) is 4.79 Å². The van der Waals surface area contributed by atoms with Gasteiger partial charge in [0.05, 0.1) is 33.3 Å². The summed E-state index contributed by atoms with van der Waals surface area (Å²) in [6, 6.07) is 9.04. The van der Waals surface area contributed by atoms with Crippen LogP contribution in [0, 0.1) is 5.41 Å². The minimum atomic E-state index is -0.655. The van der Waals surface area contributed by atoms with E-state index in [9.17, 15) is 14.4 Å². The lowest BCUT2D eigenvalue weighted by Gasteiger charge is -2.15. The second kappa shape index (κ2) is 7.07. The number of halogens is 3. The van der Waals surface area contributed by atoms with Gasteiger partial charge in [0.25, 0.3) is 11.8 Å². The number of nitrogens with one attached hydrogen (secondary N) is 2. The number of anilines is 1. The number of carbonyl (C=O) groups is 3. The van der Waals surface area contributed by atoms with Crippen LogP contribution in [0.1, 0.15) is 27.1 Å². The molecule has 2 aromatic carbocycles. The number of amides is 3. The molecular weight excluding hydrogens is 401 g/mol. The summed E-state index contributed by atoms with van der Waals surface area (Å²) in [6.07, 6.45) is -0.513. The molecule has 0 saturated carbocycles. The predicted molar refractivity (Wildman–Crippen MR) is 99.4 cm³/mol. The van der Waals surface area contributed by atoms with Gasteiger partial charge in [-0.15, -0.1) is 0 Å². The monoisotopic (exact) mass is 409 g/mol. The molecule has 0 saturated heterocycles. The summed E-state index contributed by atoms with van der Waals surface area (Å²) >= 11 is 17.8. The van der Waals surface area contributed by atoms with Crippen molar-refractivity contribution in [2.45, 2.75) is 6.42 Å². The lowest BCUT2D eigenvalue weighted by atomic mass is 10.1. The van der Waals surface area contributed by atoms with Crippen molar-refractivity contribution in [2.75, 3.05) is 5.32 Å². The van der Waals surface area contributed by atoms with Crippen molar-refractivity contribution in [3.8, 4) is 0 Å². The van der Waals surface area contributed by atoms with Crippen molar-refractivity contribution in [1.29, 1.82) is 5.41 Å². The van der Waals surface area contributed by atoms with Crippen molar-refractivity contribution < 1.29 is 14.4 Å². The Hall–Kier alpha value is -2.41. The molecule has 0 unspecified atom stereocenters. The summed E-state index contributed by atoms with van der Waals surface area (Å²) in [5, 5.41) is 11.0. The fourth-order valence-corrected chi connectivity index (χ4v) is 3.42. The largest absolute Gasteiger partial charge is 0.323 e. The Morgan fingerprint density at radius 2 is 1.50 bits per heavy atom. The van der Waals surface area contributed by atoms with Crippen LogP contribution in [-0.4, -0.2) is 28.5 Å². The predicted octanol–water partition coefficient (Wildman–Crippen LogP) is 4.25. The van der Waals surface area contributed by atoms with Crippen LogP contribution in [0.4, 0.5) is 5.69 Å². The molecule has 9 heteroatoms. The first-order valence-corrected chi connectivity index (χ1v) is 8.42. The molecule has 1 aliphatic heterocycles. The lowest BCUT2D eigenvalue weighted by molar-refractivity contribution is -0.115. The number of amidine groups is 1. The summed E-state index contributed by atoms with van der Waals surface area (Å²) in [5.41, 5.74) is 0.538. The topological polar surface area (TPSA) is 90.3 Å². The third kappa shape index (κ3) is 3.31. The Bertz CT molecular complexity index is 917. The van der Waals surface area contributed by atoms with Gasteiger partial charge in [-0.25, -0.2) is 4.90 Å². The highest BCUT2D eigenvalue weighted by molar-refractivity contribution is 6.42. The number of hydrogen-bond acceptors (Lipinski definition) is 4. The first kappa shape index (κ1) is 18.4. The summed E-state index contributed by atoms with van der Waals surface area (Å²) in [7, 11) is 0. The highest BCUT2D eigenvalue weighted by atomic mass is 35.5. The minimum absolute atomic E-state index is 0.128. The second-order valence-electron chi connectivity index (χ2n) is 5.41. The Morgan fingerprint density at radius 3 is 2.00 bits per heavy atom. The quantitative estimate of drug-likeness (QED) is 0.450. The SMILES string of the molecule is N=C(CC(=O)Nc1c(Cl)cc(Cl)cc1Cl)N1C(=O)c2ccccc2C1=O. The average Bonchev–Trinajstić information content (AvgIpc) is 2.82. The molecule has 0 fully saturated rings. The number of nitrogens with zero attached hydrogens (tertiary/aromatic N) is 1. The van der Waals surface area contributed by atoms with E-state index >= 15 is 0 Å². The second-order valence-corrected chi connectivity index (χ2v) is 6.66. The highest BCUT2D eigenvalue weighted by Gasteiger charge is 2.38. The summed E-state index contributed by atoms with van der Waals surface area (Å²) in [5.74, 6) is -2.37. The molecule has 0 bridgehead atoms. The number of fused-ring (bicyclic) bond motifs is 1. The zero-order valence-corrected chi connectivity index (χ0v) is 15.2. The molecule has 2 N–H and O–H groups in total. The molecule has 2 aromatic rings. The Balaban J connectivity index is 1.74. The third-order valence-corrected chi connectivity index (χ3v) is 4.48. The molecular formula is C17H10Cl3N3O3. The average molecular weight is 411 g/mol. The molecule has 26 heavy (non-hydrogen) atoms. The maximum Gasteiger partial charge on any atom is 0.267 e. The smallest absolute Gasteiger partial charge is 0.267 e. The fourth-order valence-electron chi connectivity index (χ4n) is 2.51. The lowest BCUT2D eigenvalue weighted by Crippen LogP contribution is -2.37. The van der Waals surface area contributed by atoms with Gasteiger partial charge in [0, 0.05) is 5.02 Å². The van der Waals surface area contributed by atoms with E-state index in [1.165, 1.54) is 24.3 Å². The first-order chi connectivity index (χ1) is 12.3. The van der Waals surface area contributed by atoms with E-state index in [2.05, 4.69) is 5.32 Å². The Kier molecular flexibility index (Phi) is 5.00. The fraction of sp³-hybridized carbons (Fsp3) is 0.0588. The van der Waals surface area contributed by atoms with Crippen molar-refractivity contribution in [2.24, 2.45) is 0 Å². The van der Waals surface area contributed by atoms with Gasteiger partial charge in [-0.1, -0.05) is 46.9 Å². The van der Waals surface area contributed by atoms with Crippen LogP contribution in [0.2, 0.25) is 15.1 Å². The van der Waals surface area contributed by atoms with Crippen molar-refractivity contribution in [3.63, 3.8) is 0 Å². The van der Waals surface area contributed by atoms with Gasteiger partial charge in [0.1, 0.15) is 5.84 Å². The van der Waals surface area contributed by atoms with E-state index in [0.29, 0.717) is 9.92 Å². The first-order valence-electron chi connectivity index (χ1n) is 7.29. The van der Waals surface area contributed by atoms with Crippen LogP contribution >= 0.6 is 34.8 Å². The normalized spacial score (nSPS) is 13.0. The summed E-state index contributed by atoms with van der Waals surface area (Å²) in [6.45, 7) is 0. The maximum absolute atomic E-state index is 12.3.